The second-order valence-corrected chi connectivity index (χ2v) is 6.34. The van der Waals surface area contributed by atoms with Crippen LogP contribution in [0.1, 0.15) is 5.56 Å². The standard InChI is InChI=1S/C19H12Cl2O4/c20-12-5-6-16(14(21)9-12)24-10-11-7-8-23-18-17(11)13-3-1-2-4-15(13)25-19(18)22/h1-7,9H,8,10H2. The number of ether oxygens (including phenoxy) is 2. The summed E-state index contributed by atoms with van der Waals surface area (Å²) in [5, 5.41) is 1.77. The lowest BCUT2D eigenvalue weighted by Crippen LogP contribution is -2.17. The number of rotatable bonds is 3. The van der Waals surface area contributed by atoms with Crippen LogP contribution in [0.3, 0.4) is 0 Å². The van der Waals surface area contributed by atoms with Crippen LogP contribution in [0, 0.1) is 0 Å². The molecule has 4 nitrogen and oxygen atoms in total. The van der Waals surface area contributed by atoms with Gasteiger partial charge in [-0.05, 0) is 30.3 Å². The molecule has 4 rings (SSSR count). The summed E-state index contributed by atoms with van der Waals surface area (Å²) in [4.78, 5) is 12.2. The minimum absolute atomic E-state index is 0.210. The Morgan fingerprint density at radius 2 is 1.96 bits per heavy atom. The molecule has 1 aromatic heterocycles. The predicted molar refractivity (Wildman–Crippen MR) is 97.9 cm³/mol. The molecule has 0 saturated heterocycles. The van der Waals surface area contributed by atoms with Crippen molar-refractivity contribution in [3.63, 3.8) is 0 Å². The summed E-state index contributed by atoms with van der Waals surface area (Å²) < 4.78 is 16.7. The average Bonchev–Trinajstić information content (AvgIpc) is 2.61. The topological polar surface area (TPSA) is 48.7 Å². The molecule has 0 bridgehead atoms. The molecule has 3 aromatic rings. The molecule has 0 spiro atoms. The molecule has 1 aliphatic heterocycles. The van der Waals surface area contributed by atoms with Gasteiger partial charge in [-0.25, -0.2) is 4.79 Å². The number of halogens is 2. The summed E-state index contributed by atoms with van der Waals surface area (Å²) in [7, 11) is 0. The van der Waals surface area contributed by atoms with E-state index in [2.05, 4.69) is 0 Å². The zero-order valence-corrected chi connectivity index (χ0v) is 14.4. The molecule has 0 unspecified atom stereocenters. The normalized spacial score (nSPS) is 13.1. The van der Waals surface area contributed by atoms with Crippen LogP contribution in [0.4, 0.5) is 0 Å². The van der Waals surface area contributed by atoms with E-state index >= 15 is 0 Å². The van der Waals surface area contributed by atoms with E-state index in [1.807, 2.05) is 24.3 Å². The summed E-state index contributed by atoms with van der Waals surface area (Å²) >= 11 is 12.1. The van der Waals surface area contributed by atoms with Crippen molar-refractivity contribution in [2.45, 2.75) is 0 Å². The maximum Gasteiger partial charge on any atom is 0.379 e. The Balaban J connectivity index is 1.73. The highest BCUT2D eigenvalue weighted by atomic mass is 35.5. The van der Waals surface area contributed by atoms with Crippen molar-refractivity contribution in [3.8, 4) is 11.5 Å². The van der Waals surface area contributed by atoms with Gasteiger partial charge in [-0.15, -0.1) is 0 Å². The van der Waals surface area contributed by atoms with Crippen molar-refractivity contribution in [1.82, 2.24) is 0 Å². The monoisotopic (exact) mass is 374 g/mol. The zero-order valence-electron chi connectivity index (χ0n) is 12.9. The molecule has 0 atom stereocenters. The van der Waals surface area contributed by atoms with Gasteiger partial charge in [0.05, 0.1) is 5.02 Å². The van der Waals surface area contributed by atoms with E-state index in [0.29, 0.717) is 26.9 Å². The predicted octanol–water partition coefficient (Wildman–Crippen LogP) is 4.95. The van der Waals surface area contributed by atoms with Gasteiger partial charge in [-0.1, -0.05) is 41.4 Å². The molecule has 0 fully saturated rings. The lowest BCUT2D eigenvalue weighted by molar-refractivity contribution is 0.328. The van der Waals surface area contributed by atoms with Gasteiger partial charge >= 0.3 is 5.63 Å². The quantitative estimate of drug-likeness (QED) is 0.608. The summed E-state index contributed by atoms with van der Waals surface area (Å²) in [6.45, 7) is 0.522. The SMILES string of the molecule is O=c1oc2ccccc2c2c1OCC=C2COc1ccc(Cl)cc1Cl. The third kappa shape index (κ3) is 2.99. The molecule has 0 amide bonds. The van der Waals surface area contributed by atoms with Crippen molar-refractivity contribution < 1.29 is 13.9 Å². The van der Waals surface area contributed by atoms with E-state index in [0.717, 1.165) is 11.0 Å². The average molecular weight is 375 g/mol. The summed E-state index contributed by atoms with van der Waals surface area (Å²) in [6, 6.07) is 12.4. The highest BCUT2D eigenvalue weighted by molar-refractivity contribution is 6.35. The third-order valence-corrected chi connectivity index (χ3v) is 4.46. The highest BCUT2D eigenvalue weighted by Crippen LogP contribution is 2.35. The fraction of sp³-hybridized carbons (Fsp3) is 0.105. The Bertz CT molecular complexity index is 1050. The van der Waals surface area contributed by atoms with E-state index in [-0.39, 0.29) is 19.0 Å². The molecule has 126 valence electrons. The van der Waals surface area contributed by atoms with Crippen LogP contribution in [-0.4, -0.2) is 13.2 Å². The Hall–Kier alpha value is -2.43. The number of hydrogen-bond donors (Lipinski definition) is 0. The van der Waals surface area contributed by atoms with E-state index < -0.39 is 5.63 Å². The number of benzene rings is 2. The van der Waals surface area contributed by atoms with Gasteiger partial charge in [0.25, 0.3) is 0 Å². The molecule has 0 aliphatic carbocycles. The molecule has 6 heteroatoms. The van der Waals surface area contributed by atoms with Crippen LogP contribution in [0.25, 0.3) is 16.5 Å². The van der Waals surface area contributed by atoms with Gasteiger partial charge < -0.3 is 13.9 Å². The van der Waals surface area contributed by atoms with Crippen LogP contribution in [0.15, 0.2) is 57.8 Å². The molecule has 0 saturated carbocycles. The smallest absolute Gasteiger partial charge is 0.379 e. The van der Waals surface area contributed by atoms with Crippen LogP contribution < -0.4 is 15.1 Å². The van der Waals surface area contributed by atoms with Crippen LogP contribution in [0.2, 0.25) is 10.0 Å². The Morgan fingerprint density at radius 1 is 1.12 bits per heavy atom. The summed E-state index contributed by atoms with van der Waals surface area (Å²) in [5.74, 6) is 0.731. The Morgan fingerprint density at radius 3 is 2.80 bits per heavy atom. The van der Waals surface area contributed by atoms with Crippen molar-refractivity contribution in [2.75, 3.05) is 13.2 Å². The van der Waals surface area contributed by atoms with Gasteiger partial charge in [-0.2, -0.15) is 0 Å². The first kappa shape index (κ1) is 16.1. The Kier molecular flexibility index (Phi) is 4.15. The lowest BCUT2D eigenvalue weighted by Gasteiger charge is -2.19. The minimum atomic E-state index is -0.496. The van der Waals surface area contributed by atoms with E-state index in [1.54, 1.807) is 24.3 Å². The molecular weight excluding hydrogens is 363 g/mol. The van der Waals surface area contributed by atoms with Crippen molar-refractivity contribution in [1.29, 1.82) is 0 Å². The van der Waals surface area contributed by atoms with Gasteiger partial charge in [0.15, 0.2) is 0 Å². The minimum Gasteiger partial charge on any atom is -0.487 e. The van der Waals surface area contributed by atoms with Gasteiger partial charge in [0.1, 0.15) is 24.5 Å². The van der Waals surface area contributed by atoms with E-state index in [1.165, 1.54) is 0 Å². The summed E-state index contributed by atoms with van der Waals surface area (Å²) in [6.07, 6.45) is 1.89. The fourth-order valence-corrected chi connectivity index (χ4v) is 3.25. The number of fused-ring (bicyclic) bond motifs is 3. The molecule has 0 N–H and O–H groups in total. The molecule has 2 heterocycles. The van der Waals surface area contributed by atoms with Crippen LogP contribution in [-0.2, 0) is 0 Å². The first-order valence-corrected chi connectivity index (χ1v) is 8.35. The molecule has 2 aromatic carbocycles. The lowest BCUT2D eigenvalue weighted by atomic mass is 10.00. The second kappa shape index (κ2) is 6.47. The van der Waals surface area contributed by atoms with Gasteiger partial charge in [0, 0.05) is 21.5 Å². The number of hydrogen-bond acceptors (Lipinski definition) is 4. The highest BCUT2D eigenvalue weighted by Gasteiger charge is 2.22. The fourth-order valence-electron chi connectivity index (χ4n) is 2.79. The van der Waals surface area contributed by atoms with Crippen molar-refractivity contribution >= 4 is 39.7 Å². The van der Waals surface area contributed by atoms with Crippen molar-refractivity contribution in [3.05, 3.63) is 74.6 Å². The van der Waals surface area contributed by atoms with Crippen LogP contribution in [0.5, 0.6) is 11.5 Å². The molecule has 25 heavy (non-hydrogen) atoms. The van der Waals surface area contributed by atoms with Crippen molar-refractivity contribution in [2.24, 2.45) is 0 Å². The number of para-hydroxylation sites is 1. The van der Waals surface area contributed by atoms with E-state index in [4.69, 9.17) is 37.1 Å². The molecule has 0 radical (unpaired) electrons. The maximum absolute atomic E-state index is 12.2. The van der Waals surface area contributed by atoms with Crippen LogP contribution >= 0.6 is 23.2 Å². The second-order valence-electron chi connectivity index (χ2n) is 5.49. The molecule has 1 aliphatic rings. The van der Waals surface area contributed by atoms with E-state index in [9.17, 15) is 4.79 Å². The van der Waals surface area contributed by atoms with Gasteiger partial charge in [-0.3, -0.25) is 0 Å². The third-order valence-electron chi connectivity index (χ3n) is 3.93. The maximum atomic E-state index is 12.2. The Labute approximate surface area is 153 Å². The molecular formula is C19H12Cl2O4. The first-order chi connectivity index (χ1) is 12.1. The first-order valence-electron chi connectivity index (χ1n) is 7.59. The van der Waals surface area contributed by atoms with Gasteiger partial charge in [0.2, 0.25) is 5.75 Å². The zero-order chi connectivity index (χ0) is 17.4. The summed E-state index contributed by atoms with van der Waals surface area (Å²) in [5.41, 5.74) is 1.55. The largest absolute Gasteiger partial charge is 0.487 e.